The third-order valence-electron chi connectivity index (χ3n) is 2.75. The van der Waals surface area contributed by atoms with Crippen molar-refractivity contribution >= 4 is 39.9 Å². The first-order valence-electron chi connectivity index (χ1n) is 5.94. The second-order valence-corrected chi connectivity index (χ2v) is 5.61. The molecule has 0 saturated heterocycles. The fraction of sp³-hybridized carbons (Fsp3) is 0.250. The molecule has 3 rings (SSSR count). The number of imidazole rings is 1. The summed E-state index contributed by atoms with van der Waals surface area (Å²) in [6.07, 6.45) is 2.65. The van der Waals surface area contributed by atoms with Crippen molar-refractivity contribution in [2.45, 2.75) is 19.9 Å². The normalized spacial score (nSPS) is 11.1. The highest BCUT2D eigenvalue weighted by molar-refractivity contribution is 7.12. The highest BCUT2D eigenvalue weighted by Crippen LogP contribution is 2.21. The van der Waals surface area contributed by atoms with Crippen molar-refractivity contribution in [3.63, 3.8) is 0 Å². The quantitative estimate of drug-likeness (QED) is 0.725. The summed E-state index contributed by atoms with van der Waals surface area (Å²) in [5.41, 5.74) is 1.35. The number of aryl methyl sites for hydroxylation is 1. The van der Waals surface area contributed by atoms with Gasteiger partial charge in [-0.25, -0.2) is 4.98 Å². The van der Waals surface area contributed by atoms with Gasteiger partial charge in [-0.2, -0.15) is 9.97 Å². The van der Waals surface area contributed by atoms with Gasteiger partial charge in [-0.1, -0.05) is 6.92 Å². The van der Waals surface area contributed by atoms with Crippen LogP contribution in [-0.2, 0) is 13.0 Å². The Labute approximate surface area is 119 Å². The Balaban J connectivity index is 1.83. The maximum absolute atomic E-state index is 5.88. The predicted molar refractivity (Wildman–Crippen MR) is 77.7 cm³/mol. The summed E-state index contributed by atoms with van der Waals surface area (Å²) in [6.45, 7) is 2.87. The number of fused-ring (bicyclic) bond motifs is 1. The molecule has 0 atom stereocenters. The maximum Gasteiger partial charge on any atom is 0.226 e. The molecule has 0 aliphatic carbocycles. The molecule has 3 aromatic rings. The SMILES string of the molecule is CCc1ccc(CNc2nc(Cl)nc3nc[nH]c23)s1. The summed E-state index contributed by atoms with van der Waals surface area (Å²) in [5.74, 6) is 0.680. The van der Waals surface area contributed by atoms with Crippen LogP contribution in [0.2, 0.25) is 5.28 Å². The van der Waals surface area contributed by atoms with Gasteiger partial charge in [0.2, 0.25) is 5.28 Å². The zero-order valence-electron chi connectivity index (χ0n) is 10.3. The molecular formula is C12H12ClN5S. The first-order valence-corrected chi connectivity index (χ1v) is 7.14. The molecule has 2 N–H and O–H groups in total. The Hall–Kier alpha value is -1.66. The van der Waals surface area contributed by atoms with E-state index in [4.69, 9.17) is 11.6 Å². The molecule has 19 heavy (non-hydrogen) atoms. The molecule has 0 aliphatic heterocycles. The Kier molecular flexibility index (Phi) is 3.35. The average molecular weight is 294 g/mol. The van der Waals surface area contributed by atoms with Crippen molar-refractivity contribution in [1.29, 1.82) is 0 Å². The molecule has 3 aromatic heterocycles. The molecule has 0 saturated carbocycles. The topological polar surface area (TPSA) is 66.5 Å². The summed E-state index contributed by atoms with van der Waals surface area (Å²) in [7, 11) is 0. The lowest BCUT2D eigenvalue weighted by atomic mass is 10.3. The number of nitrogens with zero attached hydrogens (tertiary/aromatic N) is 3. The van der Waals surface area contributed by atoms with Gasteiger partial charge in [-0.05, 0) is 30.2 Å². The van der Waals surface area contributed by atoms with Crippen LogP contribution >= 0.6 is 22.9 Å². The van der Waals surface area contributed by atoms with Crippen LogP contribution < -0.4 is 5.32 Å². The van der Waals surface area contributed by atoms with Crippen LogP contribution in [0.3, 0.4) is 0 Å². The van der Waals surface area contributed by atoms with Crippen LogP contribution in [0.1, 0.15) is 16.7 Å². The van der Waals surface area contributed by atoms with Gasteiger partial charge in [0.1, 0.15) is 5.52 Å². The molecule has 0 aromatic carbocycles. The van der Waals surface area contributed by atoms with Gasteiger partial charge in [0.05, 0.1) is 12.9 Å². The second-order valence-electron chi connectivity index (χ2n) is 4.02. The summed E-state index contributed by atoms with van der Waals surface area (Å²) in [4.78, 5) is 18.0. The molecule has 0 bridgehead atoms. The smallest absolute Gasteiger partial charge is 0.226 e. The van der Waals surface area contributed by atoms with Gasteiger partial charge < -0.3 is 10.3 Å². The molecule has 3 heterocycles. The van der Waals surface area contributed by atoms with Crippen LogP contribution in [0.25, 0.3) is 11.2 Å². The van der Waals surface area contributed by atoms with E-state index >= 15 is 0 Å². The van der Waals surface area contributed by atoms with Gasteiger partial charge in [0.25, 0.3) is 0 Å². The molecule has 0 aliphatic rings. The highest BCUT2D eigenvalue weighted by atomic mass is 35.5. The van der Waals surface area contributed by atoms with E-state index in [1.165, 1.54) is 9.75 Å². The molecular weight excluding hydrogens is 282 g/mol. The minimum atomic E-state index is 0.197. The minimum Gasteiger partial charge on any atom is -0.363 e. The predicted octanol–water partition coefficient (Wildman–Crippen LogP) is 3.24. The Morgan fingerprint density at radius 3 is 2.95 bits per heavy atom. The van der Waals surface area contributed by atoms with Gasteiger partial charge in [0.15, 0.2) is 11.5 Å². The van der Waals surface area contributed by atoms with Crippen molar-refractivity contribution in [3.8, 4) is 0 Å². The van der Waals surface area contributed by atoms with E-state index in [1.807, 2.05) is 0 Å². The number of nitrogens with one attached hydrogen (secondary N) is 2. The molecule has 0 spiro atoms. The van der Waals surface area contributed by atoms with E-state index in [9.17, 15) is 0 Å². The summed E-state index contributed by atoms with van der Waals surface area (Å²) in [5, 5.41) is 3.47. The molecule has 0 amide bonds. The van der Waals surface area contributed by atoms with Crippen molar-refractivity contribution < 1.29 is 0 Å². The number of rotatable bonds is 4. The standard InChI is InChI=1S/C12H12ClN5S/c1-2-7-3-4-8(19-7)5-14-10-9-11(16-6-15-9)18-12(13)17-10/h3-4,6H,2,5H2,1H3,(H2,14,15,16,17,18). The third kappa shape index (κ3) is 2.54. The average Bonchev–Trinajstić information content (AvgIpc) is 3.03. The van der Waals surface area contributed by atoms with Crippen LogP contribution in [-0.4, -0.2) is 19.9 Å². The van der Waals surface area contributed by atoms with E-state index in [1.54, 1.807) is 17.7 Å². The highest BCUT2D eigenvalue weighted by Gasteiger charge is 2.09. The number of hydrogen-bond acceptors (Lipinski definition) is 5. The summed E-state index contributed by atoms with van der Waals surface area (Å²) < 4.78 is 0. The summed E-state index contributed by atoms with van der Waals surface area (Å²) >= 11 is 7.67. The Bertz CT molecular complexity index is 705. The van der Waals surface area contributed by atoms with E-state index < -0.39 is 0 Å². The van der Waals surface area contributed by atoms with Gasteiger partial charge in [-0.15, -0.1) is 11.3 Å². The monoisotopic (exact) mass is 293 g/mol. The zero-order valence-corrected chi connectivity index (χ0v) is 11.8. The fourth-order valence-corrected chi connectivity index (χ4v) is 2.87. The first-order chi connectivity index (χ1) is 9.26. The number of aromatic amines is 1. The minimum absolute atomic E-state index is 0.197. The molecule has 0 unspecified atom stereocenters. The van der Waals surface area contributed by atoms with Gasteiger partial charge in [-0.3, -0.25) is 0 Å². The number of aromatic nitrogens is 4. The van der Waals surface area contributed by atoms with Crippen LogP contribution in [0.5, 0.6) is 0 Å². The fourth-order valence-electron chi connectivity index (χ4n) is 1.81. The number of hydrogen-bond donors (Lipinski definition) is 2. The van der Waals surface area contributed by atoms with Gasteiger partial charge >= 0.3 is 0 Å². The van der Waals surface area contributed by atoms with Gasteiger partial charge in [0, 0.05) is 9.75 Å². The zero-order chi connectivity index (χ0) is 13.2. The lowest BCUT2D eigenvalue weighted by Crippen LogP contribution is -2.02. The number of anilines is 1. The molecule has 98 valence electrons. The van der Waals surface area contributed by atoms with E-state index in [2.05, 4.69) is 44.3 Å². The second kappa shape index (κ2) is 5.14. The molecule has 0 radical (unpaired) electrons. The third-order valence-corrected chi connectivity index (χ3v) is 4.15. The number of H-pyrrole nitrogens is 1. The largest absolute Gasteiger partial charge is 0.363 e. The van der Waals surface area contributed by atoms with E-state index in [0.717, 1.165) is 11.9 Å². The number of thiophene rings is 1. The van der Waals surface area contributed by atoms with Crippen molar-refractivity contribution in [2.24, 2.45) is 0 Å². The molecule has 5 nitrogen and oxygen atoms in total. The Morgan fingerprint density at radius 1 is 1.32 bits per heavy atom. The van der Waals surface area contributed by atoms with Crippen LogP contribution in [0, 0.1) is 0 Å². The molecule has 0 fully saturated rings. The van der Waals surface area contributed by atoms with E-state index in [-0.39, 0.29) is 5.28 Å². The van der Waals surface area contributed by atoms with Crippen LogP contribution in [0.4, 0.5) is 5.82 Å². The molecule has 7 heteroatoms. The first kappa shape index (κ1) is 12.4. The van der Waals surface area contributed by atoms with Crippen molar-refractivity contribution in [1.82, 2.24) is 19.9 Å². The maximum atomic E-state index is 5.88. The number of halogens is 1. The van der Waals surface area contributed by atoms with E-state index in [0.29, 0.717) is 18.0 Å². The van der Waals surface area contributed by atoms with Crippen molar-refractivity contribution in [2.75, 3.05) is 5.32 Å². The Morgan fingerprint density at radius 2 is 2.16 bits per heavy atom. The van der Waals surface area contributed by atoms with Crippen molar-refractivity contribution in [3.05, 3.63) is 33.5 Å². The van der Waals surface area contributed by atoms with Crippen LogP contribution in [0.15, 0.2) is 18.5 Å². The summed E-state index contributed by atoms with van der Waals surface area (Å²) in [6, 6.07) is 4.28. The lowest BCUT2D eigenvalue weighted by molar-refractivity contribution is 1.12. The lowest BCUT2D eigenvalue weighted by Gasteiger charge is -2.04.